The summed E-state index contributed by atoms with van der Waals surface area (Å²) in [6, 6.07) is 0.240. The van der Waals surface area contributed by atoms with Crippen LogP contribution in [0.1, 0.15) is 19.3 Å². The number of carbonyl (C=O) groups excluding carboxylic acids is 1. The van der Waals surface area contributed by atoms with Crippen LogP contribution in [0.25, 0.3) is 0 Å². The molecule has 0 heterocycles. The number of nitrogens with one attached hydrogen (secondary N) is 1. The van der Waals surface area contributed by atoms with Gasteiger partial charge in [0.05, 0.1) is 12.1 Å². The van der Waals surface area contributed by atoms with Crippen LogP contribution in [0, 0.1) is 0 Å². The van der Waals surface area contributed by atoms with E-state index in [0.717, 1.165) is 19.3 Å². The molecule has 0 spiro atoms. The highest BCUT2D eigenvalue weighted by molar-refractivity contribution is 14.1. The van der Waals surface area contributed by atoms with Gasteiger partial charge in [0, 0.05) is 29.7 Å². The van der Waals surface area contributed by atoms with Crippen molar-refractivity contribution in [2.45, 2.75) is 31.4 Å². The summed E-state index contributed by atoms with van der Waals surface area (Å²) in [6.07, 6.45) is 3.50. The normalized spacial score (nSPS) is 30.4. The molecule has 1 aliphatic rings. The minimum atomic E-state index is 0.0107. The Hall–Kier alpha value is 0.160. The van der Waals surface area contributed by atoms with Gasteiger partial charge in [0.2, 0.25) is 0 Å². The standard InChI is InChI=1S/C7H12INO2/c1-11-6-4-2-3-5(6)9-7(8)10/h5-6H,2-4H2,1H3,(H,9,10)/t5-,6-/m0/s1. The first-order valence-corrected chi connectivity index (χ1v) is 4.80. The van der Waals surface area contributed by atoms with Crippen LogP contribution in [0.2, 0.25) is 0 Å². The zero-order valence-electron chi connectivity index (χ0n) is 6.47. The summed E-state index contributed by atoms with van der Waals surface area (Å²) in [6.45, 7) is 0. The fourth-order valence-electron chi connectivity index (χ4n) is 1.52. The van der Waals surface area contributed by atoms with Gasteiger partial charge in [-0.3, -0.25) is 4.79 Å². The van der Waals surface area contributed by atoms with Gasteiger partial charge < -0.3 is 10.1 Å². The Balaban J connectivity index is 2.37. The summed E-state index contributed by atoms with van der Waals surface area (Å²) >= 11 is 1.75. The Labute approximate surface area is 80.0 Å². The lowest BCUT2D eigenvalue weighted by Crippen LogP contribution is -2.37. The monoisotopic (exact) mass is 269 g/mol. The number of amides is 1. The van der Waals surface area contributed by atoms with Crippen LogP contribution in [-0.2, 0) is 4.74 Å². The number of ether oxygens (including phenoxy) is 1. The van der Waals surface area contributed by atoms with Crippen LogP contribution < -0.4 is 5.32 Å². The zero-order chi connectivity index (χ0) is 8.27. The Kier molecular flexibility index (Phi) is 3.58. The van der Waals surface area contributed by atoms with E-state index < -0.39 is 0 Å². The summed E-state index contributed by atoms with van der Waals surface area (Å²) in [4.78, 5) is 10.7. The molecular weight excluding hydrogens is 257 g/mol. The van der Waals surface area contributed by atoms with Crippen LogP contribution >= 0.6 is 22.6 Å². The Morgan fingerprint density at radius 1 is 1.64 bits per heavy atom. The molecule has 2 atom stereocenters. The van der Waals surface area contributed by atoms with E-state index in [0.29, 0.717) is 0 Å². The van der Waals surface area contributed by atoms with Gasteiger partial charge in [-0.15, -0.1) is 0 Å². The Bertz CT molecular complexity index is 151. The SMILES string of the molecule is CO[C@H]1CCC[C@@H]1NC(=O)I. The Morgan fingerprint density at radius 3 is 2.91 bits per heavy atom. The number of hydrogen-bond acceptors (Lipinski definition) is 2. The molecule has 1 rings (SSSR count). The highest BCUT2D eigenvalue weighted by Crippen LogP contribution is 2.21. The maximum atomic E-state index is 10.7. The predicted molar refractivity (Wildman–Crippen MR) is 51.0 cm³/mol. The molecule has 0 aliphatic heterocycles. The van der Waals surface area contributed by atoms with Crippen LogP contribution in [-0.4, -0.2) is 23.2 Å². The molecular formula is C7H12INO2. The molecule has 0 aromatic carbocycles. The molecule has 1 saturated carbocycles. The predicted octanol–water partition coefficient (Wildman–Crippen LogP) is 1.70. The van der Waals surface area contributed by atoms with Crippen molar-refractivity contribution in [1.29, 1.82) is 0 Å². The first kappa shape index (κ1) is 9.25. The van der Waals surface area contributed by atoms with Gasteiger partial charge in [0.15, 0.2) is 0 Å². The third-order valence-corrected chi connectivity index (χ3v) is 2.37. The molecule has 0 aromatic rings. The molecule has 0 bridgehead atoms. The minimum absolute atomic E-state index is 0.0107. The summed E-state index contributed by atoms with van der Waals surface area (Å²) in [7, 11) is 1.70. The molecule has 0 unspecified atom stereocenters. The molecule has 1 amide bonds. The fraction of sp³-hybridized carbons (Fsp3) is 0.857. The first-order chi connectivity index (χ1) is 5.24. The van der Waals surface area contributed by atoms with Crippen LogP contribution in [0.15, 0.2) is 0 Å². The largest absolute Gasteiger partial charge is 0.379 e. The topological polar surface area (TPSA) is 38.3 Å². The van der Waals surface area contributed by atoms with E-state index in [1.165, 1.54) is 0 Å². The second-order valence-corrected chi connectivity index (χ2v) is 3.71. The van der Waals surface area contributed by atoms with Crippen LogP contribution in [0.3, 0.4) is 0 Å². The highest BCUT2D eigenvalue weighted by atomic mass is 127. The number of methoxy groups -OCH3 is 1. The average molecular weight is 269 g/mol. The summed E-state index contributed by atoms with van der Waals surface area (Å²) < 4.78 is 5.22. The summed E-state index contributed by atoms with van der Waals surface area (Å²) in [5.74, 6) is 0. The van der Waals surface area contributed by atoms with Gasteiger partial charge in [0.25, 0.3) is 3.91 Å². The lowest BCUT2D eigenvalue weighted by atomic mass is 10.2. The molecule has 1 aliphatic carbocycles. The molecule has 64 valence electrons. The van der Waals surface area contributed by atoms with Crippen LogP contribution in [0.5, 0.6) is 0 Å². The summed E-state index contributed by atoms with van der Waals surface area (Å²) in [5, 5.41) is 2.87. The van der Waals surface area contributed by atoms with Crippen molar-refractivity contribution in [2.24, 2.45) is 0 Å². The maximum absolute atomic E-state index is 10.7. The van der Waals surface area contributed by atoms with Crippen LogP contribution in [0.4, 0.5) is 4.79 Å². The molecule has 0 radical (unpaired) electrons. The van der Waals surface area contributed by atoms with Gasteiger partial charge >= 0.3 is 0 Å². The molecule has 3 nitrogen and oxygen atoms in total. The minimum Gasteiger partial charge on any atom is -0.379 e. The highest BCUT2D eigenvalue weighted by Gasteiger charge is 2.27. The lowest BCUT2D eigenvalue weighted by molar-refractivity contribution is 0.0890. The molecule has 4 heteroatoms. The zero-order valence-corrected chi connectivity index (χ0v) is 8.63. The van der Waals surface area contributed by atoms with Crippen molar-refractivity contribution >= 4 is 26.5 Å². The van der Waals surface area contributed by atoms with Gasteiger partial charge in [-0.2, -0.15) is 0 Å². The lowest BCUT2D eigenvalue weighted by Gasteiger charge is -2.17. The molecule has 1 N–H and O–H groups in total. The van der Waals surface area contributed by atoms with Gasteiger partial charge in [0.1, 0.15) is 0 Å². The molecule has 11 heavy (non-hydrogen) atoms. The van der Waals surface area contributed by atoms with Crippen molar-refractivity contribution in [3.05, 3.63) is 0 Å². The van der Waals surface area contributed by atoms with Gasteiger partial charge in [-0.05, 0) is 19.3 Å². The van der Waals surface area contributed by atoms with Crippen molar-refractivity contribution in [3.63, 3.8) is 0 Å². The van der Waals surface area contributed by atoms with E-state index in [1.807, 2.05) is 0 Å². The van der Waals surface area contributed by atoms with E-state index in [1.54, 1.807) is 29.7 Å². The quantitative estimate of drug-likeness (QED) is 0.470. The van der Waals surface area contributed by atoms with E-state index in [-0.39, 0.29) is 16.1 Å². The van der Waals surface area contributed by atoms with Gasteiger partial charge in [-0.1, -0.05) is 0 Å². The molecule has 1 fully saturated rings. The Morgan fingerprint density at radius 2 is 2.36 bits per heavy atom. The van der Waals surface area contributed by atoms with Crippen molar-refractivity contribution in [3.8, 4) is 0 Å². The van der Waals surface area contributed by atoms with Crippen molar-refractivity contribution in [2.75, 3.05) is 7.11 Å². The number of rotatable bonds is 2. The van der Waals surface area contributed by atoms with Gasteiger partial charge in [-0.25, -0.2) is 0 Å². The fourth-order valence-corrected chi connectivity index (χ4v) is 1.92. The van der Waals surface area contributed by atoms with E-state index in [9.17, 15) is 4.79 Å². The van der Waals surface area contributed by atoms with E-state index in [2.05, 4.69) is 5.32 Å². The van der Waals surface area contributed by atoms with E-state index in [4.69, 9.17) is 4.74 Å². The maximum Gasteiger partial charge on any atom is 0.280 e. The van der Waals surface area contributed by atoms with E-state index >= 15 is 0 Å². The van der Waals surface area contributed by atoms with Crippen molar-refractivity contribution in [1.82, 2.24) is 5.32 Å². The second-order valence-electron chi connectivity index (χ2n) is 2.73. The third kappa shape index (κ3) is 2.59. The average Bonchev–Trinajstić information content (AvgIpc) is 2.34. The smallest absolute Gasteiger partial charge is 0.280 e. The molecule has 0 saturated heterocycles. The second kappa shape index (κ2) is 4.25. The molecule has 0 aromatic heterocycles. The number of carbonyl (C=O) groups is 1. The van der Waals surface area contributed by atoms with Crippen molar-refractivity contribution < 1.29 is 9.53 Å². The first-order valence-electron chi connectivity index (χ1n) is 3.73. The number of hydrogen-bond donors (Lipinski definition) is 1. The third-order valence-electron chi connectivity index (χ3n) is 2.05. The summed E-state index contributed by atoms with van der Waals surface area (Å²) in [5.41, 5.74) is 0. The number of halogens is 1.